The van der Waals surface area contributed by atoms with E-state index in [4.69, 9.17) is 0 Å². The van der Waals surface area contributed by atoms with E-state index >= 15 is 0 Å². The maximum Gasteiger partial charge on any atom is 0.180 e. The highest BCUT2D eigenvalue weighted by Crippen LogP contribution is 2.09. The van der Waals surface area contributed by atoms with Gasteiger partial charge in [-0.2, -0.15) is 5.10 Å². The van der Waals surface area contributed by atoms with Gasteiger partial charge in [-0.1, -0.05) is 0 Å². The number of fused-ring (bicyclic) bond motifs is 1. The van der Waals surface area contributed by atoms with E-state index in [9.17, 15) is 4.79 Å². The van der Waals surface area contributed by atoms with Crippen LogP contribution in [0.1, 0.15) is 23.1 Å². The summed E-state index contributed by atoms with van der Waals surface area (Å²) in [5.74, 6) is -0.0105. The van der Waals surface area contributed by atoms with E-state index in [2.05, 4.69) is 10.1 Å². The van der Waals surface area contributed by atoms with Gasteiger partial charge < -0.3 is 0 Å². The topological polar surface area (TPSA) is 47.3 Å². The van der Waals surface area contributed by atoms with Crippen molar-refractivity contribution in [3.8, 4) is 0 Å². The Labute approximate surface area is 75.2 Å². The average molecular weight is 175 g/mol. The van der Waals surface area contributed by atoms with Crippen LogP contribution in [0.3, 0.4) is 0 Å². The second kappa shape index (κ2) is 2.65. The molecule has 2 heterocycles. The predicted octanol–water partition coefficient (Wildman–Crippen LogP) is 1.24. The van der Waals surface area contributed by atoms with Crippen LogP contribution in [0.4, 0.5) is 0 Å². The Hall–Kier alpha value is -1.71. The van der Waals surface area contributed by atoms with Crippen LogP contribution in [0.15, 0.2) is 18.3 Å². The number of carbonyl (C=O) groups excluding carboxylic acids is 1. The van der Waals surface area contributed by atoms with Gasteiger partial charge in [0.1, 0.15) is 5.69 Å². The quantitative estimate of drug-likeness (QED) is 0.612. The number of imidazole rings is 1. The third-order valence-corrected chi connectivity index (χ3v) is 1.90. The highest BCUT2D eigenvalue weighted by Gasteiger charge is 2.12. The van der Waals surface area contributed by atoms with E-state index < -0.39 is 0 Å². The van der Waals surface area contributed by atoms with E-state index in [0.717, 1.165) is 5.69 Å². The average Bonchev–Trinajstić information content (AvgIpc) is 2.39. The zero-order chi connectivity index (χ0) is 9.42. The Balaban J connectivity index is 2.86. The number of hydrogen-bond donors (Lipinski definition) is 0. The third-order valence-electron chi connectivity index (χ3n) is 1.90. The fourth-order valence-electron chi connectivity index (χ4n) is 1.40. The number of Topliss-reactive ketones (excluding diaryl/α,β-unsaturated/α-hetero) is 1. The summed E-state index contributed by atoms with van der Waals surface area (Å²) in [6.07, 6.45) is 1.64. The van der Waals surface area contributed by atoms with Gasteiger partial charge in [0.25, 0.3) is 0 Å². The highest BCUT2D eigenvalue weighted by molar-refractivity contribution is 5.94. The number of rotatable bonds is 1. The van der Waals surface area contributed by atoms with Crippen LogP contribution in [0.25, 0.3) is 5.65 Å². The molecule has 13 heavy (non-hydrogen) atoms. The minimum atomic E-state index is -0.0105. The van der Waals surface area contributed by atoms with Crippen molar-refractivity contribution in [2.75, 3.05) is 0 Å². The standard InChI is InChI=1S/C9H9N3O/c1-6-9(7(2)13)12-8(11-6)4-3-5-10-12/h3-5H,1-2H3. The highest BCUT2D eigenvalue weighted by atomic mass is 16.1. The number of aryl methyl sites for hydroxylation is 1. The van der Waals surface area contributed by atoms with Crippen LogP contribution >= 0.6 is 0 Å². The van der Waals surface area contributed by atoms with E-state index in [1.165, 1.54) is 6.92 Å². The van der Waals surface area contributed by atoms with Crippen molar-refractivity contribution in [2.45, 2.75) is 13.8 Å². The molecule has 0 saturated heterocycles. The molecule has 0 unspecified atom stereocenters. The molecule has 0 N–H and O–H groups in total. The van der Waals surface area contributed by atoms with Crippen molar-refractivity contribution in [1.29, 1.82) is 0 Å². The minimum Gasteiger partial charge on any atom is -0.293 e. The van der Waals surface area contributed by atoms with Crippen molar-refractivity contribution in [1.82, 2.24) is 14.6 Å². The van der Waals surface area contributed by atoms with Gasteiger partial charge in [-0.05, 0) is 19.1 Å². The first-order valence-corrected chi connectivity index (χ1v) is 4.01. The number of ketones is 1. The van der Waals surface area contributed by atoms with E-state index in [-0.39, 0.29) is 5.78 Å². The Morgan fingerprint density at radius 3 is 3.00 bits per heavy atom. The second-order valence-electron chi connectivity index (χ2n) is 2.90. The number of nitrogens with zero attached hydrogens (tertiary/aromatic N) is 3. The molecule has 0 bridgehead atoms. The molecule has 0 fully saturated rings. The van der Waals surface area contributed by atoms with Crippen molar-refractivity contribution in [3.05, 3.63) is 29.7 Å². The van der Waals surface area contributed by atoms with Crippen LogP contribution in [0, 0.1) is 6.92 Å². The van der Waals surface area contributed by atoms with Gasteiger partial charge in [-0.15, -0.1) is 0 Å². The van der Waals surface area contributed by atoms with Crippen LogP contribution in [0.2, 0.25) is 0 Å². The summed E-state index contributed by atoms with van der Waals surface area (Å²) in [6, 6.07) is 3.62. The Kier molecular flexibility index (Phi) is 1.62. The fraction of sp³-hybridized carbons (Fsp3) is 0.222. The molecule has 0 saturated carbocycles. The van der Waals surface area contributed by atoms with Gasteiger partial charge in [0.05, 0.1) is 5.69 Å². The maximum atomic E-state index is 11.2. The summed E-state index contributed by atoms with van der Waals surface area (Å²) >= 11 is 0. The first-order valence-electron chi connectivity index (χ1n) is 4.01. The molecule has 0 amide bonds. The summed E-state index contributed by atoms with van der Waals surface area (Å²) in [5.41, 5.74) is 2.01. The van der Waals surface area contributed by atoms with Gasteiger partial charge in [0.15, 0.2) is 11.4 Å². The lowest BCUT2D eigenvalue weighted by molar-refractivity contribution is 0.101. The minimum absolute atomic E-state index is 0.0105. The van der Waals surface area contributed by atoms with Gasteiger partial charge in [-0.25, -0.2) is 9.50 Å². The zero-order valence-electron chi connectivity index (χ0n) is 7.48. The summed E-state index contributed by atoms with van der Waals surface area (Å²) in [7, 11) is 0. The SMILES string of the molecule is CC(=O)c1c(C)nc2cccnn12. The van der Waals surface area contributed by atoms with E-state index in [0.29, 0.717) is 11.3 Å². The van der Waals surface area contributed by atoms with Crippen molar-refractivity contribution in [2.24, 2.45) is 0 Å². The molecule has 0 aliphatic rings. The van der Waals surface area contributed by atoms with Gasteiger partial charge in [0.2, 0.25) is 0 Å². The monoisotopic (exact) mass is 175 g/mol. The molecule has 0 aromatic carbocycles. The zero-order valence-corrected chi connectivity index (χ0v) is 7.48. The Bertz CT molecular complexity index is 473. The lowest BCUT2D eigenvalue weighted by atomic mass is 10.3. The first-order chi connectivity index (χ1) is 6.20. The molecule has 2 rings (SSSR count). The fourth-order valence-corrected chi connectivity index (χ4v) is 1.40. The molecule has 0 aliphatic carbocycles. The number of carbonyl (C=O) groups is 1. The molecule has 0 spiro atoms. The molecule has 4 heteroatoms. The van der Waals surface area contributed by atoms with Crippen LogP contribution in [-0.4, -0.2) is 20.4 Å². The van der Waals surface area contributed by atoms with Crippen LogP contribution in [-0.2, 0) is 0 Å². The maximum absolute atomic E-state index is 11.2. The Morgan fingerprint density at radius 1 is 1.54 bits per heavy atom. The summed E-state index contributed by atoms with van der Waals surface area (Å²) in [4.78, 5) is 15.5. The summed E-state index contributed by atoms with van der Waals surface area (Å²) < 4.78 is 1.57. The molecule has 0 aliphatic heterocycles. The Morgan fingerprint density at radius 2 is 2.31 bits per heavy atom. The summed E-state index contributed by atoms with van der Waals surface area (Å²) in [6.45, 7) is 3.33. The van der Waals surface area contributed by atoms with E-state index in [1.807, 2.05) is 13.0 Å². The predicted molar refractivity (Wildman–Crippen MR) is 47.7 cm³/mol. The van der Waals surface area contributed by atoms with Crippen molar-refractivity contribution < 1.29 is 4.79 Å². The lowest BCUT2D eigenvalue weighted by Gasteiger charge is -1.94. The summed E-state index contributed by atoms with van der Waals surface area (Å²) in [5, 5.41) is 4.06. The third kappa shape index (κ3) is 1.11. The first kappa shape index (κ1) is 7.91. The number of aromatic nitrogens is 3. The van der Waals surface area contributed by atoms with Gasteiger partial charge >= 0.3 is 0 Å². The molecule has 0 atom stereocenters. The van der Waals surface area contributed by atoms with Gasteiger partial charge in [0, 0.05) is 13.1 Å². The lowest BCUT2D eigenvalue weighted by Crippen LogP contribution is -2.02. The smallest absolute Gasteiger partial charge is 0.180 e. The molecule has 66 valence electrons. The van der Waals surface area contributed by atoms with Crippen molar-refractivity contribution in [3.63, 3.8) is 0 Å². The molecule has 2 aromatic heterocycles. The molecule has 0 radical (unpaired) electrons. The molecule has 4 nitrogen and oxygen atoms in total. The molecular formula is C9H9N3O. The molecule has 2 aromatic rings. The second-order valence-corrected chi connectivity index (χ2v) is 2.90. The van der Waals surface area contributed by atoms with Crippen LogP contribution < -0.4 is 0 Å². The van der Waals surface area contributed by atoms with Crippen LogP contribution in [0.5, 0.6) is 0 Å². The molecular weight excluding hydrogens is 166 g/mol. The normalized spacial score (nSPS) is 10.6. The van der Waals surface area contributed by atoms with E-state index in [1.54, 1.807) is 16.8 Å². The van der Waals surface area contributed by atoms with Crippen molar-refractivity contribution >= 4 is 11.4 Å². The largest absolute Gasteiger partial charge is 0.293 e. The van der Waals surface area contributed by atoms with Gasteiger partial charge in [-0.3, -0.25) is 4.79 Å². The number of hydrogen-bond acceptors (Lipinski definition) is 3.